The minimum atomic E-state index is -1.08. The smallest absolute Gasteiger partial charge is 0.225 e. The molecule has 4 atom stereocenters. The summed E-state index contributed by atoms with van der Waals surface area (Å²) < 4.78 is 16.9. The predicted octanol–water partition coefficient (Wildman–Crippen LogP) is 3.30. The summed E-state index contributed by atoms with van der Waals surface area (Å²) in [5.41, 5.74) is 3.80. The molecule has 1 aliphatic rings. The summed E-state index contributed by atoms with van der Waals surface area (Å²) in [6, 6.07) is 8.98. The van der Waals surface area contributed by atoms with Crippen molar-refractivity contribution >= 4 is 22.7 Å². The first-order chi connectivity index (χ1) is 19.3. The molecule has 5 N–H and O–H groups in total. The van der Waals surface area contributed by atoms with Crippen LogP contribution in [0.15, 0.2) is 40.9 Å². The number of aromatic nitrogens is 3. The van der Waals surface area contributed by atoms with Gasteiger partial charge in [-0.05, 0) is 49.6 Å². The number of nitrogens with zero attached hydrogens (tertiary/aromatic N) is 3. The van der Waals surface area contributed by atoms with Crippen LogP contribution in [0.1, 0.15) is 30.3 Å². The Morgan fingerprint density at radius 2 is 1.77 bits per heavy atom. The molecule has 4 aromatic rings. The van der Waals surface area contributed by atoms with Gasteiger partial charge in [0.15, 0.2) is 5.58 Å². The highest BCUT2D eigenvalue weighted by Gasteiger charge is 2.41. The fourth-order valence-corrected chi connectivity index (χ4v) is 5.13. The van der Waals surface area contributed by atoms with E-state index in [0.717, 1.165) is 23.1 Å². The number of hydrogen-bond donors (Lipinski definition) is 5. The summed E-state index contributed by atoms with van der Waals surface area (Å²) in [7, 11) is 3.20. The lowest BCUT2D eigenvalue weighted by atomic mass is 10.1. The molecule has 0 unspecified atom stereocenters. The van der Waals surface area contributed by atoms with Crippen LogP contribution in [0.3, 0.4) is 0 Å². The number of hydrogen-bond acceptors (Lipinski definition) is 11. The fourth-order valence-electron chi connectivity index (χ4n) is 5.13. The van der Waals surface area contributed by atoms with Crippen molar-refractivity contribution in [1.82, 2.24) is 15.0 Å². The largest absolute Gasteiger partial charge is 0.497 e. The number of furan rings is 1. The van der Waals surface area contributed by atoms with Crippen LogP contribution in [0.25, 0.3) is 22.3 Å². The number of anilines is 2. The molecule has 0 saturated heterocycles. The van der Waals surface area contributed by atoms with Crippen molar-refractivity contribution in [2.75, 3.05) is 31.5 Å². The maximum Gasteiger partial charge on any atom is 0.225 e. The number of methoxy groups -OCH3 is 2. The first kappa shape index (κ1) is 27.6. The molecule has 1 aromatic carbocycles. The Labute approximate surface area is 232 Å². The molecular formula is C29H35N5O6. The van der Waals surface area contributed by atoms with Crippen molar-refractivity contribution in [1.29, 1.82) is 0 Å². The number of aryl methyl sites for hydroxylation is 2. The topological polar surface area (TPSA) is 155 Å². The molecular weight excluding hydrogens is 514 g/mol. The van der Waals surface area contributed by atoms with Crippen molar-refractivity contribution in [2.45, 2.75) is 51.5 Å². The Balaban J connectivity index is 1.51. The summed E-state index contributed by atoms with van der Waals surface area (Å²) in [4.78, 5) is 13.9. The van der Waals surface area contributed by atoms with Crippen molar-refractivity contribution in [3.63, 3.8) is 0 Å². The average molecular weight is 550 g/mol. The van der Waals surface area contributed by atoms with Crippen LogP contribution in [0.5, 0.6) is 11.5 Å². The quantitative estimate of drug-likeness (QED) is 0.198. The monoisotopic (exact) mass is 549 g/mol. The van der Waals surface area contributed by atoms with Gasteiger partial charge in [-0.1, -0.05) is 6.92 Å². The summed E-state index contributed by atoms with van der Waals surface area (Å²) in [6.45, 7) is 4.09. The molecule has 0 spiro atoms. The standard InChI is InChI=1S/C29H35N5O6/c1-5-19-8-17-10-23(40-24(17)13-30-19)25-15(2)32-29(31-12-16-6-20(38-3)11-21(7-16)39-4)34-28(25)33-22-9-18(14-35)26(36)27(22)37/h6-8,10-11,13,18,22,26-27,35-37H,5,9,12,14H2,1-4H3,(H2,31,32,33,34)/t18-,22-,26-,27+/m1/s1. The van der Waals surface area contributed by atoms with Gasteiger partial charge in [-0.2, -0.15) is 4.98 Å². The second kappa shape index (κ2) is 11.7. The average Bonchev–Trinajstić information content (AvgIpc) is 3.50. The summed E-state index contributed by atoms with van der Waals surface area (Å²) in [5, 5.41) is 38.3. The van der Waals surface area contributed by atoms with Crippen LogP contribution in [0, 0.1) is 12.8 Å². The highest BCUT2D eigenvalue weighted by Crippen LogP contribution is 2.37. The molecule has 40 heavy (non-hydrogen) atoms. The molecule has 1 aliphatic carbocycles. The lowest BCUT2D eigenvalue weighted by molar-refractivity contribution is 0.00446. The maximum absolute atomic E-state index is 10.7. The molecule has 212 valence electrons. The Morgan fingerprint density at radius 1 is 1.02 bits per heavy atom. The molecule has 5 rings (SSSR count). The van der Waals surface area contributed by atoms with Gasteiger partial charge < -0.3 is 39.8 Å². The van der Waals surface area contributed by atoms with Crippen molar-refractivity contribution in [3.8, 4) is 22.8 Å². The van der Waals surface area contributed by atoms with E-state index in [0.29, 0.717) is 58.8 Å². The van der Waals surface area contributed by atoms with Crippen LogP contribution >= 0.6 is 0 Å². The van der Waals surface area contributed by atoms with Crippen molar-refractivity contribution in [2.24, 2.45) is 5.92 Å². The fraction of sp³-hybridized carbons (Fsp3) is 0.414. The predicted molar refractivity (Wildman–Crippen MR) is 151 cm³/mol. The zero-order chi connectivity index (χ0) is 28.4. The van der Waals surface area contributed by atoms with E-state index >= 15 is 0 Å². The Kier molecular flexibility index (Phi) is 8.06. The number of fused-ring (bicyclic) bond motifs is 1. The number of ether oxygens (including phenoxy) is 2. The van der Waals surface area contributed by atoms with Crippen LogP contribution in [0.2, 0.25) is 0 Å². The molecule has 1 fully saturated rings. The number of aliphatic hydroxyl groups is 3. The Hall–Kier alpha value is -3.93. The molecule has 0 aliphatic heterocycles. The highest BCUT2D eigenvalue weighted by atomic mass is 16.5. The summed E-state index contributed by atoms with van der Waals surface area (Å²) >= 11 is 0. The third-order valence-electron chi connectivity index (χ3n) is 7.38. The molecule has 0 radical (unpaired) electrons. The van der Waals surface area contributed by atoms with Gasteiger partial charge in [0.05, 0.1) is 43.8 Å². The van der Waals surface area contributed by atoms with Gasteiger partial charge in [-0.25, -0.2) is 4.98 Å². The molecule has 3 aromatic heterocycles. The van der Waals surface area contributed by atoms with E-state index in [1.165, 1.54) is 0 Å². The van der Waals surface area contributed by atoms with E-state index in [-0.39, 0.29) is 6.61 Å². The Morgan fingerprint density at radius 3 is 2.42 bits per heavy atom. The number of nitrogens with one attached hydrogen (secondary N) is 2. The van der Waals surface area contributed by atoms with Crippen molar-refractivity contribution in [3.05, 3.63) is 53.5 Å². The first-order valence-electron chi connectivity index (χ1n) is 13.3. The van der Waals surface area contributed by atoms with E-state index in [9.17, 15) is 15.3 Å². The maximum atomic E-state index is 10.7. The number of pyridine rings is 1. The van der Waals surface area contributed by atoms with E-state index in [1.54, 1.807) is 26.5 Å². The van der Waals surface area contributed by atoms with Crippen LogP contribution in [-0.2, 0) is 13.0 Å². The van der Waals surface area contributed by atoms with Crippen LogP contribution < -0.4 is 20.1 Å². The summed E-state index contributed by atoms with van der Waals surface area (Å²) in [5.74, 6) is 2.26. The zero-order valence-electron chi connectivity index (χ0n) is 23.0. The van der Waals surface area contributed by atoms with E-state index in [2.05, 4.69) is 15.6 Å². The van der Waals surface area contributed by atoms with Crippen LogP contribution in [-0.4, -0.2) is 69.3 Å². The van der Waals surface area contributed by atoms with E-state index in [4.69, 9.17) is 23.9 Å². The second-order valence-corrected chi connectivity index (χ2v) is 10.0. The van der Waals surface area contributed by atoms with Gasteiger partial charge in [-0.3, -0.25) is 4.98 Å². The third-order valence-corrected chi connectivity index (χ3v) is 7.38. The molecule has 0 bridgehead atoms. The Bertz CT molecular complexity index is 1470. The number of rotatable bonds is 10. The molecule has 1 saturated carbocycles. The SMILES string of the molecule is CCc1cc2cc(-c3c(C)nc(NCc4cc(OC)cc(OC)c4)nc3N[C@@H]3C[C@H](CO)[C@@H](O)[C@H]3O)oc2cn1. The van der Waals surface area contributed by atoms with Gasteiger partial charge in [0, 0.05) is 36.2 Å². The minimum Gasteiger partial charge on any atom is -0.497 e. The van der Waals surface area contributed by atoms with Gasteiger partial charge in [0.2, 0.25) is 5.95 Å². The van der Waals surface area contributed by atoms with E-state index in [1.807, 2.05) is 38.1 Å². The molecule has 11 heteroatoms. The van der Waals surface area contributed by atoms with Gasteiger partial charge in [-0.15, -0.1) is 0 Å². The lowest BCUT2D eigenvalue weighted by Gasteiger charge is -2.21. The summed E-state index contributed by atoms with van der Waals surface area (Å²) in [6.07, 6.45) is 0.769. The number of aliphatic hydroxyl groups excluding tert-OH is 3. The van der Waals surface area contributed by atoms with Gasteiger partial charge in [0.1, 0.15) is 29.2 Å². The van der Waals surface area contributed by atoms with E-state index < -0.39 is 24.2 Å². The highest BCUT2D eigenvalue weighted by molar-refractivity contribution is 5.86. The van der Waals surface area contributed by atoms with Crippen LogP contribution in [0.4, 0.5) is 11.8 Å². The minimum absolute atomic E-state index is 0.223. The lowest BCUT2D eigenvalue weighted by Crippen LogP contribution is -2.35. The third kappa shape index (κ3) is 5.53. The van der Waals surface area contributed by atoms with Crippen molar-refractivity contribution < 1.29 is 29.2 Å². The molecule has 0 amide bonds. The van der Waals surface area contributed by atoms with Gasteiger partial charge >= 0.3 is 0 Å². The first-order valence-corrected chi connectivity index (χ1v) is 13.3. The normalized spacial score (nSPS) is 20.6. The zero-order valence-corrected chi connectivity index (χ0v) is 23.0. The molecule has 11 nitrogen and oxygen atoms in total. The second-order valence-electron chi connectivity index (χ2n) is 10.0. The van der Waals surface area contributed by atoms with Gasteiger partial charge in [0.25, 0.3) is 0 Å². The molecule has 3 heterocycles. The number of benzene rings is 1.